The van der Waals surface area contributed by atoms with Crippen molar-refractivity contribution in [3.8, 4) is 0 Å². The van der Waals surface area contributed by atoms with Gasteiger partial charge in [-0.25, -0.2) is 13.1 Å². The van der Waals surface area contributed by atoms with Gasteiger partial charge in [-0.1, -0.05) is 30.3 Å². The molecule has 0 spiro atoms. The average Bonchev–Trinajstić information content (AvgIpc) is 2.60. The van der Waals surface area contributed by atoms with Gasteiger partial charge in [0, 0.05) is 6.04 Å². The van der Waals surface area contributed by atoms with E-state index in [1.54, 1.807) is 0 Å². The van der Waals surface area contributed by atoms with Gasteiger partial charge in [0.25, 0.3) is 0 Å². The molecule has 0 aromatic heterocycles. The van der Waals surface area contributed by atoms with E-state index in [9.17, 15) is 8.42 Å². The Kier molecular flexibility index (Phi) is 3.58. The van der Waals surface area contributed by atoms with Gasteiger partial charge in [-0.05, 0) is 12.0 Å². The van der Waals surface area contributed by atoms with Crippen LogP contribution in [-0.2, 0) is 21.4 Å². The molecule has 0 unspecified atom stereocenters. The lowest BCUT2D eigenvalue weighted by molar-refractivity contribution is 0.105. The van der Waals surface area contributed by atoms with Gasteiger partial charge in [-0.15, -0.1) is 0 Å². The van der Waals surface area contributed by atoms with E-state index >= 15 is 0 Å². The summed E-state index contributed by atoms with van der Waals surface area (Å²) < 4.78 is 30.2. The predicted octanol–water partition coefficient (Wildman–Crippen LogP) is 0.895. The van der Waals surface area contributed by atoms with Crippen LogP contribution in [0.5, 0.6) is 0 Å². The van der Waals surface area contributed by atoms with Crippen molar-refractivity contribution in [2.75, 3.05) is 12.4 Å². The SMILES string of the molecule is O=S1(=O)CC[C@H](COCc2ccccc2)N1. The third kappa shape index (κ3) is 3.30. The number of sulfonamides is 1. The van der Waals surface area contributed by atoms with Crippen molar-refractivity contribution in [1.29, 1.82) is 0 Å². The Balaban J connectivity index is 1.74. The molecule has 1 atom stereocenters. The smallest absolute Gasteiger partial charge is 0.211 e. The molecule has 1 aromatic rings. The maximum atomic E-state index is 11.1. The molecule has 1 saturated heterocycles. The Morgan fingerprint density at radius 1 is 1.31 bits per heavy atom. The minimum absolute atomic E-state index is 0.0614. The maximum Gasteiger partial charge on any atom is 0.211 e. The number of hydrogen-bond donors (Lipinski definition) is 1. The van der Waals surface area contributed by atoms with Crippen molar-refractivity contribution in [2.24, 2.45) is 0 Å². The molecule has 0 aliphatic carbocycles. The van der Waals surface area contributed by atoms with Gasteiger partial charge in [-0.3, -0.25) is 0 Å². The molecule has 5 heteroatoms. The third-order valence-electron chi connectivity index (χ3n) is 2.51. The fourth-order valence-electron chi connectivity index (χ4n) is 1.68. The number of ether oxygens (including phenoxy) is 1. The molecular formula is C11H15NO3S. The lowest BCUT2D eigenvalue weighted by atomic mass is 10.2. The second-order valence-corrected chi connectivity index (χ2v) is 5.80. The van der Waals surface area contributed by atoms with Crippen LogP contribution in [0.1, 0.15) is 12.0 Å². The van der Waals surface area contributed by atoms with E-state index < -0.39 is 10.0 Å². The van der Waals surface area contributed by atoms with Gasteiger partial charge < -0.3 is 4.74 Å². The van der Waals surface area contributed by atoms with E-state index in [0.29, 0.717) is 19.6 Å². The average molecular weight is 241 g/mol. The van der Waals surface area contributed by atoms with Gasteiger partial charge >= 0.3 is 0 Å². The van der Waals surface area contributed by atoms with Crippen LogP contribution in [0.25, 0.3) is 0 Å². The number of benzene rings is 1. The quantitative estimate of drug-likeness (QED) is 0.852. The first-order valence-corrected chi connectivity index (χ1v) is 6.93. The molecule has 2 rings (SSSR count). The maximum absolute atomic E-state index is 11.1. The summed E-state index contributed by atoms with van der Waals surface area (Å²) in [6.07, 6.45) is 0.636. The first-order chi connectivity index (χ1) is 7.66. The molecule has 1 fully saturated rings. The highest BCUT2D eigenvalue weighted by atomic mass is 32.2. The molecule has 88 valence electrons. The van der Waals surface area contributed by atoms with Gasteiger partial charge in [0.2, 0.25) is 10.0 Å². The van der Waals surface area contributed by atoms with Crippen molar-refractivity contribution in [3.05, 3.63) is 35.9 Å². The zero-order valence-electron chi connectivity index (χ0n) is 8.93. The summed E-state index contributed by atoms with van der Waals surface area (Å²) in [6, 6.07) is 9.77. The molecule has 1 aliphatic heterocycles. The number of hydrogen-bond acceptors (Lipinski definition) is 3. The molecule has 1 N–H and O–H groups in total. The zero-order chi connectivity index (χ0) is 11.4. The minimum Gasteiger partial charge on any atom is -0.375 e. The van der Waals surface area contributed by atoms with Crippen molar-refractivity contribution in [2.45, 2.75) is 19.1 Å². The monoisotopic (exact) mass is 241 g/mol. The van der Waals surface area contributed by atoms with Crippen molar-refractivity contribution in [3.63, 3.8) is 0 Å². The largest absolute Gasteiger partial charge is 0.375 e. The second kappa shape index (κ2) is 4.95. The van der Waals surface area contributed by atoms with E-state index in [-0.39, 0.29) is 11.8 Å². The Bertz CT molecular complexity index is 430. The van der Waals surface area contributed by atoms with Crippen molar-refractivity contribution < 1.29 is 13.2 Å². The van der Waals surface area contributed by atoms with Gasteiger partial charge in [0.1, 0.15) is 0 Å². The summed E-state index contributed by atoms with van der Waals surface area (Å²) in [7, 11) is -3.02. The summed E-state index contributed by atoms with van der Waals surface area (Å²) in [6.45, 7) is 0.965. The summed E-state index contributed by atoms with van der Waals surface area (Å²) >= 11 is 0. The van der Waals surface area contributed by atoms with Gasteiger partial charge in [-0.2, -0.15) is 0 Å². The molecule has 0 amide bonds. The van der Waals surface area contributed by atoms with Gasteiger partial charge in [0.05, 0.1) is 19.0 Å². The summed E-state index contributed by atoms with van der Waals surface area (Å²) in [5, 5.41) is 0. The predicted molar refractivity (Wildman–Crippen MR) is 61.4 cm³/mol. The number of nitrogens with one attached hydrogen (secondary N) is 1. The fraction of sp³-hybridized carbons (Fsp3) is 0.455. The molecule has 0 radical (unpaired) electrons. The highest BCUT2D eigenvalue weighted by molar-refractivity contribution is 7.89. The third-order valence-corrected chi connectivity index (χ3v) is 3.98. The van der Waals surface area contributed by atoms with Crippen molar-refractivity contribution in [1.82, 2.24) is 4.72 Å². The normalized spacial score (nSPS) is 23.4. The molecule has 4 nitrogen and oxygen atoms in total. The molecular weight excluding hydrogens is 226 g/mol. The van der Waals surface area contributed by atoms with Crippen LogP contribution in [0.4, 0.5) is 0 Å². The number of rotatable bonds is 4. The fourth-order valence-corrected chi connectivity index (χ4v) is 3.09. The molecule has 1 aromatic carbocycles. The Morgan fingerprint density at radius 3 is 2.69 bits per heavy atom. The lowest BCUT2D eigenvalue weighted by Gasteiger charge is -2.09. The first kappa shape index (κ1) is 11.6. The Labute approximate surface area is 95.7 Å². The minimum atomic E-state index is -3.02. The summed E-state index contributed by atoms with van der Waals surface area (Å²) in [5.74, 6) is 0.215. The van der Waals surface area contributed by atoms with E-state index in [1.165, 1.54) is 0 Å². The second-order valence-electron chi connectivity index (χ2n) is 3.92. The Hall–Kier alpha value is -0.910. The zero-order valence-corrected chi connectivity index (χ0v) is 9.74. The Morgan fingerprint density at radius 2 is 2.06 bits per heavy atom. The summed E-state index contributed by atoms with van der Waals surface area (Å²) in [4.78, 5) is 0. The van der Waals surface area contributed by atoms with E-state index in [1.807, 2.05) is 30.3 Å². The standard InChI is InChI=1S/C11H15NO3S/c13-16(14)7-6-11(12-16)9-15-8-10-4-2-1-3-5-10/h1-5,11-12H,6-9H2/t11-/m1/s1. The van der Waals surface area contributed by atoms with Gasteiger partial charge in [0.15, 0.2) is 0 Å². The van der Waals surface area contributed by atoms with Crippen LogP contribution in [-0.4, -0.2) is 26.8 Å². The van der Waals surface area contributed by atoms with Crippen LogP contribution in [0.3, 0.4) is 0 Å². The van der Waals surface area contributed by atoms with Crippen LogP contribution in [0.15, 0.2) is 30.3 Å². The molecule has 16 heavy (non-hydrogen) atoms. The van der Waals surface area contributed by atoms with Crippen LogP contribution in [0, 0.1) is 0 Å². The van der Waals surface area contributed by atoms with E-state index in [4.69, 9.17) is 4.74 Å². The highest BCUT2D eigenvalue weighted by Crippen LogP contribution is 2.09. The topological polar surface area (TPSA) is 55.4 Å². The van der Waals surface area contributed by atoms with Crippen LogP contribution >= 0.6 is 0 Å². The van der Waals surface area contributed by atoms with Crippen LogP contribution in [0.2, 0.25) is 0 Å². The lowest BCUT2D eigenvalue weighted by Crippen LogP contribution is -2.29. The first-order valence-electron chi connectivity index (χ1n) is 5.27. The highest BCUT2D eigenvalue weighted by Gasteiger charge is 2.26. The molecule has 1 aliphatic rings. The van der Waals surface area contributed by atoms with E-state index in [2.05, 4.69) is 4.72 Å². The molecule has 0 saturated carbocycles. The van der Waals surface area contributed by atoms with Crippen molar-refractivity contribution >= 4 is 10.0 Å². The molecule has 1 heterocycles. The van der Waals surface area contributed by atoms with E-state index in [0.717, 1.165) is 5.56 Å². The summed E-state index contributed by atoms with van der Waals surface area (Å²) in [5.41, 5.74) is 1.10. The molecule has 0 bridgehead atoms. The van der Waals surface area contributed by atoms with Crippen LogP contribution < -0.4 is 4.72 Å².